The molecule has 0 aromatic carbocycles. The fourth-order valence-electron chi connectivity index (χ4n) is 3.35. The fourth-order valence-corrected chi connectivity index (χ4v) is 3.35. The van der Waals surface area contributed by atoms with Crippen LogP contribution >= 0.6 is 0 Å². The number of carbonyl (C=O) groups excluding carboxylic acids is 1. The lowest BCUT2D eigenvalue weighted by Gasteiger charge is -2.37. The van der Waals surface area contributed by atoms with E-state index in [4.69, 9.17) is 5.73 Å². The predicted molar refractivity (Wildman–Crippen MR) is 73.2 cm³/mol. The van der Waals surface area contributed by atoms with Crippen LogP contribution in [0.15, 0.2) is 0 Å². The molecule has 2 aliphatic rings. The molecule has 2 aliphatic heterocycles. The number of piperidine rings is 2. The highest BCUT2D eigenvalue weighted by atomic mass is 16.2. The highest BCUT2D eigenvalue weighted by Gasteiger charge is 2.26. The summed E-state index contributed by atoms with van der Waals surface area (Å²) in [4.78, 5) is 16.5. The van der Waals surface area contributed by atoms with Gasteiger partial charge < -0.3 is 10.6 Å². The maximum absolute atomic E-state index is 12.3. The molecule has 104 valence electrons. The van der Waals surface area contributed by atoms with E-state index >= 15 is 0 Å². The second-order valence-corrected chi connectivity index (χ2v) is 6.38. The summed E-state index contributed by atoms with van der Waals surface area (Å²) in [7, 11) is 0. The Kier molecular flexibility index (Phi) is 4.62. The largest absolute Gasteiger partial charge is 0.341 e. The highest BCUT2D eigenvalue weighted by Crippen LogP contribution is 2.18. The maximum Gasteiger partial charge on any atom is 0.236 e. The van der Waals surface area contributed by atoms with E-state index < -0.39 is 0 Å². The number of amides is 1. The van der Waals surface area contributed by atoms with Gasteiger partial charge in [-0.2, -0.15) is 0 Å². The van der Waals surface area contributed by atoms with E-state index in [-0.39, 0.29) is 6.04 Å². The molecular weight excluding hydrogens is 226 g/mol. The van der Waals surface area contributed by atoms with Gasteiger partial charge in [-0.25, -0.2) is 0 Å². The van der Waals surface area contributed by atoms with E-state index in [1.165, 1.54) is 6.42 Å². The standard InChI is InChI=1S/C14H27N3O/c1-11-4-3-5-17(8-11)14(18)10-16-7-12(2)6-13(15)9-16/h11-13H,3-10,15H2,1-2H3. The van der Waals surface area contributed by atoms with Crippen LogP contribution in [0.3, 0.4) is 0 Å². The first-order valence-electron chi connectivity index (χ1n) is 7.30. The minimum Gasteiger partial charge on any atom is -0.341 e. The van der Waals surface area contributed by atoms with E-state index in [2.05, 4.69) is 18.7 Å². The molecule has 2 rings (SSSR count). The normalized spacial score (nSPS) is 34.6. The first kappa shape index (κ1) is 13.8. The number of carbonyl (C=O) groups is 1. The minimum absolute atomic E-state index is 0.238. The first-order valence-corrected chi connectivity index (χ1v) is 7.30. The molecule has 0 radical (unpaired) electrons. The lowest BCUT2D eigenvalue weighted by atomic mass is 9.96. The number of nitrogens with zero attached hydrogens (tertiary/aromatic N) is 2. The Bertz CT molecular complexity index is 285. The van der Waals surface area contributed by atoms with Crippen molar-refractivity contribution in [2.75, 3.05) is 32.7 Å². The zero-order valence-corrected chi connectivity index (χ0v) is 11.8. The first-order chi connectivity index (χ1) is 8.54. The highest BCUT2D eigenvalue weighted by molar-refractivity contribution is 5.78. The van der Waals surface area contributed by atoms with Crippen LogP contribution in [0.2, 0.25) is 0 Å². The summed E-state index contributed by atoms with van der Waals surface area (Å²) < 4.78 is 0. The van der Waals surface area contributed by atoms with Crippen molar-refractivity contribution in [3.8, 4) is 0 Å². The van der Waals surface area contributed by atoms with Gasteiger partial charge in [0, 0.05) is 32.2 Å². The van der Waals surface area contributed by atoms with Gasteiger partial charge in [0.25, 0.3) is 0 Å². The monoisotopic (exact) mass is 253 g/mol. The second-order valence-electron chi connectivity index (χ2n) is 6.38. The second kappa shape index (κ2) is 6.02. The van der Waals surface area contributed by atoms with E-state index in [1.807, 2.05) is 4.90 Å². The smallest absolute Gasteiger partial charge is 0.236 e. The molecule has 0 bridgehead atoms. The Morgan fingerprint density at radius 3 is 2.67 bits per heavy atom. The van der Waals surface area contributed by atoms with E-state index in [9.17, 15) is 4.79 Å². The maximum atomic E-state index is 12.3. The van der Waals surface area contributed by atoms with Crippen LogP contribution in [0, 0.1) is 11.8 Å². The number of rotatable bonds is 2. The molecule has 2 heterocycles. The molecule has 1 amide bonds. The summed E-state index contributed by atoms with van der Waals surface area (Å²) in [6.07, 6.45) is 3.50. The van der Waals surface area contributed by atoms with Crippen molar-refractivity contribution in [1.82, 2.24) is 9.80 Å². The summed E-state index contributed by atoms with van der Waals surface area (Å²) in [5.41, 5.74) is 6.03. The number of hydrogen-bond acceptors (Lipinski definition) is 3. The van der Waals surface area contributed by atoms with Crippen LogP contribution in [-0.2, 0) is 4.79 Å². The summed E-state index contributed by atoms with van der Waals surface area (Å²) in [6.45, 7) is 8.79. The van der Waals surface area contributed by atoms with Crippen LogP contribution in [0.4, 0.5) is 0 Å². The summed E-state index contributed by atoms with van der Waals surface area (Å²) in [6, 6.07) is 0.238. The van der Waals surface area contributed by atoms with E-state index in [0.717, 1.165) is 39.0 Å². The van der Waals surface area contributed by atoms with Gasteiger partial charge in [-0.15, -0.1) is 0 Å². The van der Waals surface area contributed by atoms with Crippen LogP contribution in [0.25, 0.3) is 0 Å². The summed E-state index contributed by atoms with van der Waals surface area (Å²) in [5, 5.41) is 0. The van der Waals surface area contributed by atoms with Gasteiger partial charge in [-0.05, 0) is 31.1 Å². The molecule has 2 fully saturated rings. The van der Waals surface area contributed by atoms with Gasteiger partial charge in [0.15, 0.2) is 0 Å². The van der Waals surface area contributed by atoms with Crippen molar-refractivity contribution >= 4 is 5.91 Å². The molecular formula is C14H27N3O. The lowest BCUT2D eigenvalue weighted by molar-refractivity contribution is -0.134. The Hall–Kier alpha value is -0.610. The molecule has 18 heavy (non-hydrogen) atoms. The third-order valence-corrected chi connectivity index (χ3v) is 4.14. The van der Waals surface area contributed by atoms with Crippen molar-refractivity contribution in [3.63, 3.8) is 0 Å². The van der Waals surface area contributed by atoms with Crippen LogP contribution in [0.1, 0.15) is 33.1 Å². The number of likely N-dealkylation sites (tertiary alicyclic amines) is 2. The van der Waals surface area contributed by atoms with Crippen LogP contribution in [-0.4, -0.2) is 54.5 Å². The van der Waals surface area contributed by atoms with Gasteiger partial charge in [0.1, 0.15) is 0 Å². The van der Waals surface area contributed by atoms with Crippen molar-refractivity contribution in [1.29, 1.82) is 0 Å². The SMILES string of the molecule is CC1CC(N)CN(CC(=O)N2CCCC(C)C2)C1. The third kappa shape index (κ3) is 3.69. The van der Waals surface area contributed by atoms with E-state index in [0.29, 0.717) is 24.3 Å². The molecule has 2 N–H and O–H groups in total. The van der Waals surface area contributed by atoms with Crippen molar-refractivity contribution in [2.24, 2.45) is 17.6 Å². The van der Waals surface area contributed by atoms with Crippen molar-refractivity contribution < 1.29 is 4.79 Å². The molecule has 0 aromatic heterocycles. The van der Waals surface area contributed by atoms with Crippen molar-refractivity contribution in [3.05, 3.63) is 0 Å². The Morgan fingerprint density at radius 2 is 2.00 bits per heavy atom. The molecule has 3 unspecified atom stereocenters. The quantitative estimate of drug-likeness (QED) is 0.796. The Labute approximate surface area is 110 Å². The molecule has 4 nitrogen and oxygen atoms in total. The van der Waals surface area contributed by atoms with Gasteiger partial charge in [-0.3, -0.25) is 9.69 Å². The van der Waals surface area contributed by atoms with Gasteiger partial charge >= 0.3 is 0 Å². The number of hydrogen-bond donors (Lipinski definition) is 1. The predicted octanol–water partition coefficient (Wildman–Crippen LogP) is 0.914. The van der Waals surface area contributed by atoms with Crippen molar-refractivity contribution in [2.45, 2.75) is 39.2 Å². The average Bonchev–Trinajstić information content (AvgIpc) is 2.27. The van der Waals surface area contributed by atoms with Gasteiger partial charge in [0.05, 0.1) is 6.54 Å². The van der Waals surface area contributed by atoms with E-state index in [1.54, 1.807) is 0 Å². The zero-order chi connectivity index (χ0) is 13.1. The van der Waals surface area contributed by atoms with Gasteiger partial charge in [-0.1, -0.05) is 13.8 Å². The van der Waals surface area contributed by atoms with Gasteiger partial charge in [0.2, 0.25) is 5.91 Å². The van der Waals surface area contributed by atoms with Crippen LogP contribution < -0.4 is 5.73 Å². The summed E-state index contributed by atoms with van der Waals surface area (Å²) >= 11 is 0. The Balaban J connectivity index is 1.83. The molecule has 0 aliphatic carbocycles. The molecule has 0 aromatic rings. The summed E-state index contributed by atoms with van der Waals surface area (Å²) in [5.74, 6) is 1.56. The molecule has 0 spiro atoms. The average molecular weight is 253 g/mol. The molecule has 3 atom stereocenters. The lowest BCUT2D eigenvalue weighted by Crippen LogP contribution is -2.51. The third-order valence-electron chi connectivity index (χ3n) is 4.14. The zero-order valence-electron chi connectivity index (χ0n) is 11.8. The number of nitrogens with two attached hydrogens (primary N) is 1. The molecule has 4 heteroatoms. The topological polar surface area (TPSA) is 49.6 Å². The minimum atomic E-state index is 0.238. The Morgan fingerprint density at radius 1 is 1.22 bits per heavy atom. The molecule has 2 saturated heterocycles. The fraction of sp³-hybridized carbons (Fsp3) is 0.929. The molecule has 0 saturated carbocycles. The van der Waals surface area contributed by atoms with Crippen LogP contribution in [0.5, 0.6) is 0 Å².